The minimum Gasteiger partial charge on any atom is -0.324 e. The second kappa shape index (κ2) is 6.53. The zero-order chi connectivity index (χ0) is 14.5. The Balaban J connectivity index is 2.21. The number of benzene rings is 2. The molecule has 0 fully saturated rings. The van der Waals surface area contributed by atoms with Crippen LogP contribution in [0, 0.1) is 6.92 Å². The molecule has 2 rings (SSSR count). The molecule has 1 heteroatoms. The van der Waals surface area contributed by atoms with Crippen molar-refractivity contribution < 1.29 is 0 Å². The van der Waals surface area contributed by atoms with Crippen LogP contribution in [-0.2, 0) is 12.8 Å². The first-order chi connectivity index (χ1) is 9.58. The smallest absolute Gasteiger partial charge is 0.0289 e. The van der Waals surface area contributed by atoms with Crippen molar-refractivity contribution >= 4 is 0 Å². The Bertz CT molecular complexity index is 584. The van der Waals surface area contributed by atoms with Crippen molar-refractivity contribution in [2.45, 2.75) is 32.7 Å². The van der Waals surface area contributed by atoms with Crippen LogP contribution in [0.15, 0.2) is 60.7 Å². The normalized spacial score (nSPS) is 12.2. The first-order valence-corrected chi connectivity index (χ1v) is 7.10. The molecule has 0 amide bonds. The molecule has 0 aliphatic heterocycles. The molecule has 2 aromatic carbocycles. The Morgan fingerprint density at radius 1 is 1.05 bits per heavy atom. The molecule has 0 radical (unpaired) electrons. The number of hydrogen-bond acceptors (Lipinski definition) is 1. The van der Waals surface area contributed by atoms with Crippen LogP contribution in [0.4, 0.5) is 0 Å². The van der Waals surface area contributed by atoms with Gasteiger partial charge in [0, 0.05) is 6.04 Å². The number of nitrogens with two attached hydrogens (primary N) is 1. The molecule has 2 aromatic rings. The van der Waals surface area contributed by atoms with Crippen LogP contribution < -0.4 is 5.73 Å². The molecule has 0 aromatic heterocycles. The summed E-state index contributed by atoms with van der Waals surface area (Å²) in [4.78, 5) is 0. The van der Waals surface area contributed by atoms with Gasteiger partial charge in [0.15, 0.2) is 0 Å². The van der Waals surface area contributed by atoms with Gasteiger partial charge in [0.1, 0.15) is 0 Å². The first kappa shape index (κ1) is 14.5. The second-order valence-electron chi connectivity index (χ2n) is 5.52. The minimum atomic E-state index is 0.0423. The average molecular weight is 265 g/mol. The van der Waals surface area contributed by atoms with Gasteiger partial charge in [-0.15, -0.1) is 0 Å². The lowest BCUT2D eigenvalue weighted by Gasteiger charge is -2.16. The fourth-order valence-corrected chi connectivity index (χ4v) is 2.38. The maximum Gasteiger partial charge on any atom is 0.0289 e. The van der Waals surface area contributed by atoms with Gasteiger partial charge < -0.3 is 5.73 Å². The molecular weight excluding hydrogens is 242 g/mol. The molecule has 0 aliphatic carbocycles. The summed E-state index contributed by atoms with van der Waals surface area (Å²) >= 11 is 0. The lowest BCUT2D eigenvalue weighted by Crippen LogP contribution is -2.24. The van der Waals surface area contributed by atoms with E-state index in [2.05, 4.69) is 62.0 Å². The Morgan fingerprint density at radius 3 is 2.35 bits per heavy atom. The van der Waals surface area contributed by atoms with Crippen molar-refractivity contribution in [1.29, 1.82) is 0 Å². The van der Waals surface area contributed by atoms with Gasteiger partial charge in [0.05, 0.1) is 0 Å². The molecule has 1 atom stereocenters. The predicted molar refractivity (Wildman–Crippen MR) is 86.9 cm³/mol. The van der Waals surface area contributed by atoms with Crippen molar-refractivity contribution in [3.05, 3.63) is 82.9 Å². The minimum absolute atomic E-state index is 0.0423. The fraction of sp³-hybridized carbons (Fsp3) is 0.263. The van der Waals surface area contributed by atoms with Crippen LogP contribution in [0.3, 0.4) is 0 Å². The van der Waals surface area contributed by atoms with Gasteiger partial charge in [-0.05, 0) is 48.9 Å². The monoisotopic (exact) mass is 265 g/mol. The lowest BCUT2D eigenvalue weighted by atomic mass is 9.92. The van der Waals surface area contributed by atoms with E-state index in [9.17, 15) is 0 Å². The standard InChI is InChI=1S/C19H23N/c1-14(2)19(20)13-18-11-7-10-17(15(18)3)12-16-8-5-4-6-9-16/h4-11,19H,1,12-13,20H2,2-3H3. The topological polar surface area (TPSA) is 26.0 Å². The van der Waals surface area contributed by atoms with Crippen molar-refractivity contribution in [2.24, 2.45) is 5.73 Å². The van der Waals surface area contributed by atoms with Gasteiger partial charge in [-0.3, -0.25) is 0 Å². The molecule has 1 nitrogen and oxygen atoms in total. The highest BCUT2D eigenvalue weighted by atomic mass is 14.6. The molecule has 0 saturated carbocycles. The van der Waals surface area contributed by atoms with E-state index in [0.29, 0.717) is 0 Å². The molecule has 0 saturated heterocycles. The van der Waals surface area contributed by atoms with Crippen LogP contribution in [0.5, 0.6) is 0 Å². The second-order valence-corrected chi connectivity index (χ2v) is 5.52. The zero-order valence-corrected chi connectivity index (χ0v) is 12.4. The highest BCUT2D eigenvalue weighted by molar-refractivity contribution is 5.38. The highest BCUT2D eigenvalue weighted by Gasteiger charge is 2.09. The maximum absolute atomic E-state index is 6.12. The third-order valence-electron chi connectivity index (χ3n) is 3.87. The molecule has 0 bridgehead atoms. The third kappa shape index (κ3) is 3.58. The molecule has 0 aliphatic rings. The first-order valence-electron chi connectivity index (χ1n) is 7.10. The fourth-order valence-electron chi connectivity index (χ4n) is 2.38. The van der Waals surface area contributed by atoms with Crippen molar-refractivity contribution in [2.75, 3.05) is 0 Å². The van der Waals surface area contributed by atoms with Crippen molar-refractivity contribution in [1.82, 2.24) is 0 Å². The summed E-state index contributed by atoms with van der Waals surface area (Å²) in [5.41, 5.74) is 12.6. The van der Waals surface area contributed by atoms with E-state index in [1.807, 2.05) is 6.92 Å². The van der Waals surface area contributed by atoms with E-state index in [4.69, 9.17) is 5.73 Å². The Morgan fingerprint density at radius 2 is 1.70 bits per heavy atom. The molecule has 20 heavy (non-hydrogen) atoms. The van der Waals surface area contributed by atoms with Gasteiger partial charge >= 0.3 is 0 Å². The van der Waals surface area contributed by atoms with Crippen molar-refractivity contribution in [3.8, 4) is 0 Å². The molecule has 104 valence electrons. The third-order valence-corrected chi connectivity index (χ3v) is 3.87. The Hall–Kier alpha value is -1.86. The molecule has 2 N–H and O–H groups in total. The predicted octanol–water partition coefficient (Wildman–Crippen LogP) is 4.03. The quantitative estimate of drug-likeness (QED) is 0.811. The van der Waals surface area contributed by atoms with E-state index in [1.165, 1.54) is 22.3 Å². The summed E-state index contributed by atoms with van der Waals surface area (Å²) in [5, 5.41) is 0. The lowest BCUT2D eigenvalue weighted by molar-refractivity contribution is 0.761. The summed E-state index contributed by atoms with van der Waals surface area (Å²) in [6.07, 6.45) is 1.84. The number of hydrogen-bond donors (Lipinski definition) is 1. The van der Waals surface area contributed by atoms with Gasteiger partial charge in [-0.1, -0.05) is 60.7 Å². The van der Waals surface area contributed by atoms with E-state index in [0.717, 1.165) is 18.4 Å². The van der Waals surface area contributed by atoms with Gasteiger partial charge in [0.25, 0.3) is 0 Å². The average Bonchev–Trinajstić information content (AvgIpc) is 2.44. The molecular formula is C19H23N. The Kier molecular flexibility index (Phi) is 4.75. The van der Waals surface area contributed by atoms with Crippen molar-refractivity contribution in [3.63, 3.8) is 0 Å². The maximum atomic E-state index is 6.12. The van der Waals surface area contributed by atoms with Crippen LogP contribution in [0.2, 0.25) is 0 Å². The van der Waals surface area contributed by atoms with E-state index >= 15 is 0 Å². The number of rotatable bonds is 5. The van der Waals surface area contributed by atoms with Crippen LogP contribution in [0.1, 0.15) is 29.2 Å². The summed E-state index contributed by atoms with van der Waals surface area (Å²) in [7, 11) is 0. The van der Waals surface area contributed by atoms with Gasteiger partial charge in [0.2, 0.25) is 0 Å². The molecule has 0 spiro atoms. The SMILES string of the molecule is C=C(C)C(N)Cc1cccc(Cc2ccccc2)c1C. The van der Waals surface area contributed by atoms with Crippen LogP contribution in [0.25, 0.3) is 0 Å². The van der Waals surface area contributed by atoms with Crippen LogP contribution >= 0.6 is 0 Å². The molecule has 0 heterocycles. The van der Waals surface area contributed by atoms with E-state index in [1.54, 1.807) is 0 Å². The van der Waals surface area contributed by atoms with E-state index < -0.39 is 0 Å². The van der Waals surface area contributed by atoms with E-state index in [-0.39, 0.29) is 6.04 Å². The van der Waals surface area contributed by atoms with Crippen LogP contribution in [-0.4, -0.2) is 6.04 Å². The molecule has 1 unspecified atom stereocenters. The zero-order valence-electron chi connectivity index (χ0n) is 12.4. The summed E-state index contributed by atoms with van der Waals surface area (Å²) < 4.78 is 0. The summed E-state index contributed by atoms with van der Waals surface area (Å²) in [5.74, 6) is 0. The summed E-state index contributed by atoms with van der Waals surface area (Å²) in [6.45, 7) is 8.13. The van der Waals surface area contributed by atoms with Gasteiger partial charge in [-0.25, -0.2) is 0 Å². The van der Waals surface area contributed by atoms with Gasteiger partial charge in [-0.2, -0.15) is 0 Å². The Labute approximate surface area is 122 Å². The highest BCUT2D eigenvalue weighted by Crippen LogP contribution is 2.19. The largest absolute Gasteiger partial charge is 0.324 e. The summed E-state index contributed by atoms with van der Waals surface area (Å²) in [6, 6.07) is 17.1.